The summed E-state index contributed by atoms with van der Waals surface area (Å²) in [6, 6.07) is 8.50. The number of anilines is 1. The zero-order valence-electron chi connectivity index (χ0n) is 17.9. The molecule has 2 aromatic carbocycles. The highest BCUT2D eigenvalue weighted by atomic mass is 35.5. The van der Waals surface area contributed by atoms with Crippen LogP contribution >= 0.6 is 11.6 Å². The molecule has 0 bridgehead atoms. The molecule has 0 atom stereocenters. The normalized spacial score (nSPS) is 15.0. The number of methoxy groups -OCH3 is 2. The number of sulfonamides is 1. The molecule has 0 aromatic heterocycles. The fourth-order valence-electron chi connectivity index (χ4n) is 3.51. The van der Waals surface area contributed by atoms with Gasteiger partial charge in [-0.1, -0.05) is 24.4 Å². The second kappa shape index (κ2) is 10.3. The van der Waals surface area contributed by atoms with Crippen LogP contribution in [0.2, 0.25) is 5.02 Å². The number of ether oxygens (including phenoxy) is 2. The molecule has 1 aliphatic rings. The quantitative estimate of drug-likeness (QED) is 0.628. The third-order valence-electron chi connectivity index (χ3n) is 5.25. The standard InChI is InChI=1S/C22H25ClN2O6S/c1-30-20-10-8-16(32(28,29)25-11-5-3-4-6-12-25)14-17(20)21(26)24-19-13-15(22(27)31-2)7-9-18(19)23/h7-10,13-14H,3-6,11-12H2,1-2H3,(H,24,26). The number of nitrogens with zero attached hydrogens (tertiary/aromatic N) is 1. The SMILES string of the molecule is COC(=O)c1ccc(Cl)c(NC(=O)c2cc(S(=O)(=O)N3CCCCCC3)ccc2OC)c1. The van der Waals surface area contributed by atoms with Crippen molar-refractivity contribution >= 4 is 39.2 Å². The summed E-state index contributed by atoms with van der Waals surface area (Å²) in [7, 11) is -1.12. The van der Waals surface area contributed by atoms with Crippen LogP contribution in [0.1, 0.15) is 46.4 Å². The molecule has 3 rings (SSSR count). The molecule has 32 heavy (non-hydrogen) atoms. The van der Waals surface area contributed by atoms with Gasteiger partial charge in [-0.2, -0.15) is 4.31 Å². The Hall–Kier alpha value is -2.62. The first-order valence-electron chi connectivity index (χ1n) is 10.2. The molecule has 10 heteroatoms. The number of benzene rings is 2. The first-order chi connectivity index (χ1) is 15.3. The predicted octanol–water partition coefficient (Wildman–Crippen LogP) is 3.95. The second-order valence-corrected chi connectivity index (χ2v) is 9.67. The van der Waals surface area contributed by atoms with Crippen LogP contribution in [0.25, 0.3) is 0 Å². The lowest BCUT2D eigenvalue weighted by molar-refractivity contribution is 0.0600. The zero-order chi connectivity index (χ0) is 23.3. The molecule has 1 aliphatic heterocycles. The molecule has 1 saturated heterocycles. The Morgan fingerprint density at radius 1 is 1.00 bits per heavy atom. The first-order valence-corrected chi connectivity index (χ1v) is 12.0. The molecule has 1 heterocycles. The van der Waals surface area contributed by atoms with E-state index in [0.717, 1.165) is 25.7 Å². The highest BCUT2D eigenvalue weighted by molar-refractivity contribution is 7.89. The Labute approximate surface area is 192 Å². The van der Waals surface area contributed by atoms with E-state index in [1.54, 1.807) is 0 Å². The molecule has 0 unspecified atom stereocenters. The Morgan fingerprint density at radius 3 is 2.31 bits per heavy atom. The number of amides is 1. The molecule has 1 amide bonds. The van der Waals surface area contributed by atoms with Crippen molar-refractivity contribution in [3.63, 3.8) is 0 Å². The summed E-state index contributed by atoms with van der Waals surface area (Å²) >= 11 is 6.17. The maximum absolute atomic E-state index is 13.2. The van der Waals surface area contributed by atoms with E-state index >= 15 is 0 Å². The van der Waals surface area contributed by atoms with E-state index in [2.05, 4.69) is 5.32 Å². The van der Waals surface area contributed by atoms with Crippen LogP contribution in [-0.2, 0) is 14.8 Å². The predicted molar refractivity (Wildman–Crippen MR) is 121 cm³/mol. The number of carbonyl (C=O) groups excluding carboxylic acids is 2. The van der Waals surface area contributed by atoms with Crippen molar-refractivity contribution in [2.75, 3.05) is 32.6 Å². The molecule has 0 saturated carbocycles. The molecule has 0 spiro atoms. The minimum Gasteiger partial charge on any atom is -0.496 e. The maximum Gasteiger partial charge on any atom is 0.337 e. The fourth-order valence-corrected chi connectivity index (χ4v) is 5.22. The van der Waals surface area contributed by atoms with Gasteiger partial charge in [0.1, 0.15) is 5.75 Å². The van der Waals surface area contributed by atoms with Crippen molar-refractivity contribution in [1.29, 1.82) is 0 Å². The lowest BCUT2D eigenvalue weighted by Crippen LogP contribution is -2.32. The summed E-state index contributed by atoms with van der Waals surface area (Å²) in [5.74, 6) is -1.00. The van der Waals surface area contributed by atoms with Gasteiger partial charge in [-0.25, -0.2) is 13.2 Å². The molecule has 1 fully saturated rings. The van der Waals surface area contributed by atoms with Crippen molar-refractivity contribution in [3.05, 3.63) is 52.5 Å². The second-order valence-electron chi connectivity index (χ2n) is 7.32. The average molecular weight is 481 g/mol. The van der Waals surface area contributed by atoms with Gasteiger partial charge in [0, 0.05) is 13.1 Å². The highest BCUT2D eigenvalue weighted by Gasteiger charge is 2.27. The van der Waals surface area contributed by atoms with Crippen LogP contribution < -0.4 is 10.1 Å². The number of hydrogen-bond donors (Lipinski definition) is 1. The number of esters is 1. The van der Waals surface area contributed by atoms with Gasteiger partial charge < -0.3 is 14.8 Å². The number of carbonyl (C=O) groups is 2. The van der Waals surface area contributed by atoms with E-state index in [9.17, 15) is 18.0 Å². The van der Waals surface area contributed by atoms with Gasteiger partial charge >= 0.3 is 5.97 Å². The van der Waals surface area contributed by atoms with E-state index in [4.69, 9.17) is 21.1 Å². The van der Waals surface area contributed by atoms with Gasteiger partial charge in [0.2, 0.25) is 10.0 Å². The van der Waals surface area contributed by atoms with Crippen LogP contribution in [0.4, 0.5) is 5.69 Å². The van der Waals surface area contributed by atoms with Crippen molar-refractivity contribution in [2.45, 2.75) is 30.6 Å². The number of rotatable bonds is 6. The fraction of sp³-hybridized carbons (Fsp3) is 0.364. The first kappa shape index (κ1) is 24.0. The van der Waals surface area contributed by atoms with Crippen LogP contribution in [0.3, 0.4) is 0 Å². The Balaban J connectivity index is 1.94. The van der Waals surface area contributed by atoms with Gasteiger partial charge in [0.05, 0.1) is 41.0 Å². The minimum absolute atomic E-state index is 0.0137. The molecular weight excluding hydrogens is 456 g/mol. The van der Waals surface area contributed by atoms with Gasteiger partial charge in [0.25, 0.3) is 5.91 Å². The number of nitrogens with one attached hydrogen (secondary N) is 1. The Bertz CT molecular complexity index is 1110. The largest absolute Gasteiger partial charge is 0.496 e. The molecule has 2 aromatic rings. The van der Waals surface area contributed by atoms with Gasteiger partial charge in [-0.3, -0.25) is 4.79 Å². The summed E-state index contributed by atoms with van der Waals surface area (Å²) in [5, 5.41) is 2.83. The molecule has 172 valence electrons. The van der Waals surface area contributed by atoms with Crippen LogP contribution in [0, 0.1) is 0 Å². The Morgan fingerprint density at radius 2 is 1.69 bits per heavy atom. The van der Waals surface area contributed by atoms with Crippen molar-refractivity contribution in [2.24, 2.45) is 0 Å². The maximum atomic E-state index is 13.2. The molecule has 8 nitrogen and oxygen atoms in total. The lowest BCUT2D eigenvalue weighted by atomic mass is 10.1. The van der Waals surface area contributed by atoms with E-state index in [0.29, 0.717) is 13.1 Å². The average Bonchev–Trinajstić information content (AvgIpc) is 3.09. The smallest absolute Gasteiger partial charge is 0.337 e. The highest BCUT2D eigenvalue weighted by Crippen LogP contribution is 2.29. The summed E-state index contributed by atoms with van der Waals surface area (Å²) in [5.41, 5.74) is 0.419. The van der Waals surface area contributed by atoms with Gasteiger partial charge in [-0.15, -0.1) is 0 Å². The minimum atomic E-state index is -3.76. The van der Waals surface area contributed by atoms with Gasteiger partial charge in [0.15, 0.2) is 0 Å². The number of halogens is 1. The summed E-state index contributed by atoms with van der Waals surface area (Å²) < 4.78 is 37.7. The summed E-state index contributed by atoms with van der Waals surface area (Å²) in [4.78, 5) is 24.8. The van der Waals surface area contributed by atoms with E-state index in [1.165, 1.54) is 54.9 Å². The number of hydrogen-bond acceptors (Lipinski definition) is 6. The van der Waals surface area contributed by atoms with Crippen LogP contribution in [0.5, 0.6) is 5.75 Å². The summed E-state index contributed by atoms with van der Waals surface area (Å²) in [6.45, 7) is 0.900. The van der Waals surface area contributed by atoms with Crippen molar-refractivity contribution in [3.8, 4) is 5.75 Å². The topological polar surface area (TPSA) is 102 Å². The Kier molecular flexibility index (Phi) is 7.76. The van der Waals surface area contributed by atoms with E-state index in [-0.39, 0.29) is 32.5 Å². The van der Waals surface area contributed by atoms with Crippen molar-refractivity contribution in [1.82, 2.24) is 4.31 Å². The lowest BCUT2D eigenvalue weighted by Gasteiger charge is -2.20. The zero-order valence-corrected chi connectivity index (χ0v) is 19.5. The molecule has 0 radical (unpaired) electrons. The van der Waals surface area contributed by atoms with Crippen LogP contribution in [0.15, 0.2) is 41.3 Å². The van der Waals surface area contributed by atoms with E-state index in [1.807, 2.05) is 0 Å². The van der Waals surface area contributed by atoms with Gasteiger partial charge in [-0.05, 0) is 49.2 Å². The van der Waals surface area contributed by atoms with Crippen LogP contribution in [-0.4, -0.2) is 51.9 Å². The monoisotopic (exact) mass is 480 g/mol. The third kappa shape index (κ3) is 5.23. The third-order valence-corrected chi connectivity index (χ3v) is 7.48. The summed E-state index contributed by atoms with van der Waals surface area (Å²) in [6.07, 6.45) is 3.59. The molecule has 1 N–H and O–H groups in total. The molecular formula is C22H25ClN2O6S. The van der Waals surface area contributed by atoms with Crippen molar-refractivity contribution < 1.29 is 27.5 Å². The van der Waals surface area contributed by atoms with E-state index < -0.39 is 21.9 Å². The molecule has 0 aliphatic carbocycles.